The van der Waals surface area contributed by atoms with Crippen LogP contribution in [0.4, 0.5) is 4.39 Å². The summed E-state index contributed by atoms with van der Waals surface area (Å²) in [7, 11) is 0. The topological polar surface area (TPSA) is 53.4 Å². The number of carbonyl (C=O) groups is 1. The van der Waals surface area contributed by atoms with Crippen molar-refractivity contribution in [2.45, 2.75) is 51.9 Å². The van der Waals surface area contributed by atoms with Crippen molar-refractivity contribution in [2.75, 3.05) is 19.7 Å². The van der Waals surface area contributed by atoms with E-state index in [2.05, 4.69) is 30.1 Å². The minimum Gasteiger partial charge on any atom is -0.395 e. The summed E-state index contributed by atoms with van der Waals surface area (Å²) in [6, 6.07) is 7.89. The van der Waals surface area contributed by atoms with Crippen molar-refractivity contribution < 1.29 is 14.3 Å². The van der Waals surface area contributed by atoms with Crippen LogP contribution in [-0.2, 0) is 6.42 Å². The van der Waals surface area contributed by atoms with Crippen LogP contribution < -0.4 is 0 Å². The lowest BCUT2D eigenvalue weighted by Gasteiger charge is -2.50. The summed E-state index contributed by atoms with van der Waals surface area (Å²) >= 11 is 0. The minimum absolute atomic E-state index is 0.000954. The molecule has 0 aliphatic heterocycles. The van der Waals surface area contributed by atoms with Gasteiger partial charge in [0.25, 0.3) is 5.91 Å². The third-order valence-electron chi connectivity index (χ3n) is 8.61. The number of carbonyl (C=O) groups excluding carboxylic acids is 1. The third-order valence-corrected chi connectivity index (χ3v) is 8.61. The Balaban J connectivity index is 1.39. The molecule has 4 unspecified atom stereocenters. The average molecular weight is 449 g/mol. The maximum Gasteiger partial charge on any atom is 0.253 e. The Morgan fingerprint density at radius 1 is 1.27 bits per heavy atom. The van der Waals surface area contributed by atoms with Crippen molar-refractivity contribution in [3.8, 4) is 0 Å². The van der Waals surface area contributed by atoms with E-state index in [-0.39, 0.29) is 23.7 Å². The first-order valence-electron chi connectivity index (χ1n) is 12.3. The molecule has 0 bridgehead atoms. The molecule has 1 amide bonds. The van der Waals surface area contributed by atoms with E-state index in [9.17, 15) is 14.3 Å². The summed E-state index contributed by atoms with van der Waals surface area (Å²) in [5.74, 6) is 1.42. The van der Waals surface area contributed by atoms with E-state index in [1.54, 1.807) is 17.2 Å². The number of rotatable bonds is 5. The molecule has 1 fully saturated rings. The fourth-order valence-electron chi connectivity index (χ4n) is 7.00. The van der Waals surface area contributed by atoms with Crippen molar-refractivity contribution in [3.05, 3.63) is 70.8 Å². The number of hydrogen-bond acceptors (Lipinski definition) is 3. The van der Waals surface area contributed by atoms with E-state index in [1.165, 1.54) is 22.9 Å². The summed E-state index contributed by atoms with van der Waals surface area (Å²) < 4.78 is 13.9. The monoisotopic (exact) mass is 448 g/mol. The number of aliphatic hydroxyl groups excluding tert-OH is 1. The lowest BCUT2D eigenvalue weighted by molar-refractivity contribution is 0.0731. The van der Waals surface area contributed by atoms with Crippen LogP contribution >= 0.6 is 0 Å². The van der Waals surface area contributed by atoms with E-state index in [4.69, 9.17) is 0 Å². The molecule has 4 nitrogen and oxygen atoms in total. The van der Waals surface area contributed by atoms with E-state index in [0.29, 0.717) is 30.8 Å². The first-order valence-corrected chi connectivity index (χ1v) is 12.3. The maximum absolute atomic E-state index is 13.9. The van der Waals surface area contributed by atoms with Crippen LogP contribution in [0, 0.1) is 23.1 Å². The number of fused-ring (bicyclic) bond motifs is 5. The summed E-state index contributed by atoms with van der Waals surface area (Å²) in [4.78, 5) is 18.7. The van der Waals surface area contributed by atoms with Gasteiger partial charge in [0, 0.05) is 24.8 Å². The molecule has 1 aromatic heterocycles. The molecule has 0 spiro atoms. The standard InChI is InChI=1S/C28H33FN2O2/c1-3-31(12-13-32)27(33)19-5-6-22-18(14-19)4-7-24-23(22)10-11-28(2)25(8-9-26(24)28)20-15-21(29)17-30-16-20/h5-6,8,14-17,23-24,26,32H,3-4,7,9-13H2,1-2H3. The molecule has 1 heterocycles. The fourth-order valence-corrected chi connectivity index (χ4v) is 7.00. The van der Waals surface area contributed by atoms with Gasteiger partial charge in [0.2, 0.25) is 0 Å². The van der Waals surface area contributed by atoms with Gasteiger partial charge in [0.15, 0.2) is 0 Å². The number of aryl methyl sites for hydroxylation is 1. The Hall–Kier alpha value is -2.53. The summed E-state index contributed by atoms with van der Waals surface area (Å²) in [5.41, 5.74) is 5.72. The van der Waals surface area contributed by atoms with Crippen LogP contribution in [0.3, 0.4) is 0 Å². The Bertz CT molecular complexity index is 1100. The van der Waals surface area contributed by atoms with E-state index in [1.807, 2.05) is 13.0 Å². The number of aliphatic hydroxyl groups is 1. The molecule has 2 aromatic rings. The minimum atomic E-state index is -0.272. The largest absolute Gasteiger partial charge is 0.395 e. The Morgan fingerprint density at radius 3 is 2.88 bits per heavy atom. The zero-order chi connectivity index (χ0) is 23.2. The van der Waals surface area contributed by atoms with Crippen LogP contribution in [0.15, 0.2) is 42.7 Å². The van der Waals surface area contributed by atoms with Crippen molar-refractivity contribution >= 4 is 11.5 Å². The van der Waals surface area contributed by atoms with E-state index < -0.39 is 0 Å². The summed E-state index contributed by atoms with van der Waals surface area (Å²) in [6.45, 7) is 5.26. The molecule has 3 aliphatic carbocycles. The molecule has 1 N–H and O–H groups in total. The number of hydrogen-bond donors (Lipinski definition) is 1. The van der Waals surface area contributed by atoms with Crippen molar-refractivity contribution in [2.24, 2.45) is 17.3 Å². The quantitative estimate of drug-likeness (QED) is 0.682. The van der Waals surface area contributed by atoms with Crippen molar-refractivity contribution in [1.29, 1.82) is 0 Å². The third kappa shape index (κ3) is 3.71. The molecule has 5 heteroatoms. The molecule has 33 heavy (non-hydrogen) atoms. The SMILES string of the molecule is CCN(CCO)C(=O)c1ccc2c(c1)CCC1C2CCC2(C)C(c3cncc(F)c3)=CCC12. The Morgan fingerprint density at radius 2 is 2.12 bits per heavy atom. The number of aromatic nitrogens is 1. The van der Waals surface area contributed by atoms with E-state index in [0.717, 1.165) is 43.2 Å². The molecule has 1 aromatic carbocycles. The number of pyridine rings is 1. The van der Waals surface area contributed by atoms with Gasteiger partial charge in [-0.1, -0.05) is 19.1 Å². The van der Waals surface area contributed by atoms with Crippen LogP contribution in [0.1, 0.15) is 72.5 Å². The number of amides is 1. The molecule has 0 radical (unpaired) electrons. The maximum atomic E-state index is 13.9. The predicted molar refractivity (Wildman–Crippen MR) is 127 cm³/mol. The van der Waals surface area contributed by atoms with Gasteiger partial charge in [-0.3, -0.25) is 9.78 Å². The molecule has 174 valence electrons. The Labute approximate surface area is 195 Å². The van der Waals surface area contributed by atoms with Gasteiger partial charge in [-0.15, -0.1) is 0 Å². The zero-order valence-electron chi connectivity index (χ0n) is 19.6. The highest BCUT2D eigenvalue weighted by Crippen LogP contribution is 2.63. The zero-order valence-corrected chi connectivity index (χ0v) is 19.6. The first-order chi connectivity index (χ1) is 16.0. The number of benzene rings is 1. The molecule has 5 rings (SSSR count). The second kappa shape index (κ2) is 8.68. The summed E-state index contributed by atoms with van der Waals surface area (Å²) in [5, 5.41) is 9.27. The normalized spacial score (nSPS) is 27.9. The highest BCUT2D eigenvalue weighted by molar-refractivity contribution is 5.94. The van der Waals surface area contributed by atoms with Gasteiger partial charge in [-0.2, -0.15) is 0 Å². The van der Waals surface area contributed by atoms with Crippen LogP contribution in [0.25, 0.3) is 5.57 Å². The Kier molecular flexibility index (Phi) is 5.86. The highest BCUT2D eigenvalue weighted by Gasteiger charge is 2.52. The second-order valence-electron chi connectivity index (χ2n) is 10.1. The van der Waals surface area contributed by atoms with Crippen molar-refractivity contribution in [1.82, 2.24) is 9.88 Å². The number of halogens is 1. The second-order valence-corrected chi connectivity index (χ2v) is 10.1. The van der Waals surface area contributed by atoms with Gasteiger partial charge in [-0.25, -0.2) is 4.39 Å². The molecular weight excluding hydrogens is 415 g/mol. The van der Waals surface area contributed by atoms with Gasteiger partial charge < -0.3 is 10.0 Å². The fraction of sp³-hybridized carbons (Fsp3) is 0.500. The van der Waals surface area contributed by atoms with Crippen LogP contribution in [0.2, 0.25) is 0 Å². The van der Waals surface area contributed by atoms with E-state index >= 15 is 0 Å². The molecular formula is C28H33FN2O2. The predicted octanol–water partition coefficient (Wildman–Crippen LogP) is 5.22. The van der Waals surface area contributed by atoms with Crippen molar-refractivity contribution in [3.63, 3.8) is 0 Å². The lowest BCUT2D eigenvalue weighted by Crippen LogP contribution is -2.41. The van der Waals surface area contributed by atoms with Gasteiger partial charge in [0.05, 0.1) is 12.8 Å². The average Bonchev–Trinajstić information content (AvgIpc) is 3.18. The number of nitrogens with zero attached hydrogens (tertiary/aromatic N) is 2. The molecule has 1 saturated carbocycles. The van der Waals surface area contributed by atoms with Crippen LogP contribution in [-0.4, -0.2) is 40.6 Å². The van der Waals surface area contributed by atoms with Gasteiger partial charge in [0.1, 0.15) is 5.82 Å². The molecule has 3 aliphatic rings. The summed E-state index contributed by atoms with van der Waals surface area (Å²) in [6.07, 6.45) is 10.8. The van der Waals surface area contributed by atoms with Gasteiger partial charge in [-0.05, 0) is 103 Å². The first kappa shape index (κ1) is 22.3. The molecule has 0 saturated heterocycles. The number of allylic oxidation sites excluding steroid dienone is 2. The highest BCUT2D eigenvalue weighted by atomic mass is 19.1. The molecule has 4 atom stereocenters. The smallest absolute Gasteiger partial charge is 0.253 e. The lowest BCUT2D eigenvalue weighted by atomic mass is 9.54. The van der Waals surface area contributed by atoms with Crippen LogP contribution in [0.5, 0.6) is 0 Å². The van der Waals surface area contributed by atoms with Gasteiger partial charge >= 0.3 is 0 Å². The number of likely N-dealkylation sites (N-methyl/N-ethyl adjacent to an activating group) is 1.